The van der Waals surface area contributed by atoms with E-state index in [-0.39, 0.29) is 63.4 Å². The van der Waals surface area contributed by atoms with Gasteiger partial charge in [0.25, 0.3) is 0 Å². The fourth-order valence-electron chi connectivity index (χ4n) is 8.21. The standard InChI is InChI=1S/C44H55F2N8O12P/c1-3-41(32(2)66-43(56)62-22-20-60-18-19-61-21-23-65-67(57,58)59)54-42(55)53(31-49-54)37-7-5-35(6-8-37)50-14-16-51(17-15-50)36-9-11-38(12-10-36)63-26-33-25-44(64-27-33,28-52-30-47-29-48-52)39-13-4-34(45)24-40(39)46/h4-13,24,29-33,41H,3,14-23,25-28H2,1-2H3,(H2,57,58,59)/t32-,33+,41-,44-/m0/s1. The van der Waals surface area contributed by atoms with Gasteiger partial charge in [-0.1, -0.05) is 13.0 Å². The molecule has 67 heavy (non-hydrogen) atoms. The van der Waals surface area contributed by atoms with Gasteiger partial charge in [-0.25, -0.2) is 41.8 Å². The topological polar surface area (TPSA) is 216 Å². The number of piperazine rings is 1. The number of ether oxygens (including phenoxy) is 6. The zero-order valence-electron chi connectivity index (χ0n) is 37.2. The Hall–Kier alpha value is -5.74. The molecule has 5 aromatic rings. The molecule has 0 saturated carbocycles. The van der Waals surface area contributed by atoms with Gasteiger partial charge in [0.15, 0.2) is 0 Å². The minimum absolute atomic E-state index is 0.0238. The molecule has 362 valence electrons. The summed E-state index contributed by atoms with van der Waals surface area (Å²) in [5.41, 5.74) is 1.57. The normalized spacial score (nSPS) is 18.5. The van der Waals surface area contributed by atoms with Crippen LogP contribution in [0.3, 0.4) is 0 Å². The van der Waals surface area contributed by atoms with E-state index in [1.54, 1.807) is 17.9 Å². The van der Waals surface area contributed by atoms with Gasteiger partial charge in [-0.15, -0.1) is 0 Å². The zero-order chi connectivity index (χ0) is 47.4. The minimum Gasteiger partial charge on any atom is -0.493 e. The molecule has 4 heterocycles. The number of rotatable bonds is 23. The van der Waals surface area contributed by atoms with Crippen molar-refractivity contribution < 1.29 is 60.9 Å². The average Bonchev–Trinajstić information content (AvgIpc) is 4.08. The second-order valence-electron chi connectivity index (χ2n) is 16.1. The molecule has 0 aliphatic carbocycles. The van der Waals surface area contributed by atoms with E-state index in [0.717, 1.165) is 43.6 Å². The molecule has 23 heteroatoms. The third-order valence-electron chi connectivity index (χ3n) is 11.5. The quantitative estimate of drug-likeness (QED) is 0.0507. The van der Waals surface area contributed by atoms with E-state index in [0.29, 0.717) is 37.5 Å². The minimum atomic E-state index is -4.53. The van der Waals surface area contributed by atoms with E-state index >= 15 is 4.39 Å². The number of nitrogens with zero attached hydrogens (tertiary/aromatic N) is 8. The van der Waals surface area contributed by atoms with Crippen molar-refractivity contribution in [2.45, 2.75) is 51.0 Å². The van der Waals surface area contributed by atoms with Crippen LogP contribution in [0.25, 0.3) is 5.69 Å². The summed E-state index contributed by atoms with van der Waals surface area (Å²) in [6, 6.07) is 18.6. The van der Waals surface area contributed by atoms with E-state index in [1.807, 2.05) is 55.5 Å². The summed E-state index contributed by atoms with van der Waals surface area (Å²) < 4.78 is 81.5. The van der Waals surface area contributed by atoms with Crippen LogP contribution in [0.15, 0.2) is 90.5 Å². The Morgan fingerprint density at radius 2 is 1.52 bits per heavy atom. The van der Waals surface area contributed by atoms with Crippen molar-refractivity contribution in [1.82, 2.24) is 29.1 Å². The van der Waals surface area contributed by atoms with Crippen molar-refractivity contribution in [2.75, 3.05) is 88.8 Å². The molecule has 0 spiro atoms. The largest absolute Gasteiger partial charge is 0.508 e. The predicted molar refractivity (Wildman–Crippen MR) is 237 cm³/mol. The Morgan fingerprint density at radius 1 is 0.881 bits per heavy atom. The van der Waals surface area contributed by atoms with Crippen LogP contribution in [-0.4, -0.2) is 130 Å². The molecular weight excluding hydrogens is 901 g/mol. The number of aromatic nitrogens is 6. The van der Waals surface area contributed by atoms with E-state index in [9.17, 15) is 18.5 Å². The molecule has 4 atom stereocenters. The molecule has 2 aliphatic rings. The van der Waals surface area contributed by atoms with Crippen LogP contribution < -0.4 is 20.2 Å². The lowest BCUT2D eigenvalue weighted by Crippen LogP contribution is -2.46. The van der Waals surface area contributed by atoms with Gasteiger partial charge in [-0.2, -0.15) is 10.2 Å². The lowest BCUT2D eigenvalue weighted by molar-refractivity contribution is -0.0206. The maximum atomic E-state index is 15.0. The summed E-state index contributed by atoms with van der Waals surface area (Å²) in [4.78, 5) is 51.8. The fraction of sp³-hybridized carbons (Fsp3) is 0.477. The van der Waals surface area contributed by atoms with Crippen molar-refractivity contribution in [3.63, 3.8) is 0 Å². The lowest BCUT2D eigenvalue weighted by atomic mass is 9.87. The Bertz CT molecular complexity index is 2450. The van der Waals surface area contributed by atoms with Crippen LogP contribution in [-0.2, 0) is 44.9 Å². The Balaban J connectivity index is 0.834. The van der Waals surface area contributed by atoms with E-state index in [4.69, 9.17) is 38.2 Å². The molecule has 20 nitrogen and oxygen atoms in total. The first-order valence-electron chi connectivity index (χ1n) is 21.9. The molecule has 2 N–H and O–H groups in total. The molecule has 0 amide bonds. The van der Waals surface area contributed by atoms with Gasteiger partial charge >= 0.3 is 19.7 Å². The highest BCUT2D eigenvalue weighted by molar-refractivity contribution is 7.46. The van der Waals surface area contributed by atoms with E-state index in [2.05, 4.69) is 29.5 Å². The number of phosphoric ester groups is 1. The summed E-state index contributed by atoms with van der Waals surface area (Å²) >= 11 is 0. The van der Waals surface area contributed by atoms with Crippen molar-refractivity contribution >= 4 is 25.4 Å². The maximum Gasteiger partial charge on any atom is 0.508 e. The summed E-state index contributed by atoms with van der Waals surface area (Å²) in [5.74, 6) is -0.661. The molecule has 0 unspecified atom stereocenters. The Kier molecular flexibility index (Phi) is 16.8. The first-order valence-corrected chi connectivity index (χ1v) is 23.4. The van der Waals surface area contributed by atoms with Gasteiger partial charge in [0.1, 0.15) is 54.7 Å². The molecule has 0 bridgehead atoms. The third kappa shape index (κ3) is 13.2. The van der Waals surface area contributed by atoms with Crippen molar-refractivity contribution in [3.8, 4) is 11.4 Å². The third-order valence-corrected chi connectivity index (χ3v) is 12.1. The second-order valence-corrected chi connectivity index (χ2v) is 17.3. The molecule has 2 aliphatic heterocycles. The van der Waals surface area contributed by atoms with Gasteiger partial charge in [0.05, 0.1) is 64.5 Å². The average molecular weight is 957 g/mol. The number of hydrogen-bond donors (Lipinski definition) is 2. The number of carbonyl (C=O) groups is 1. The van der Waals surface area contributed by atoms with Crippen LogP contribution in [0.2, 0.25) is 0 Å². The molecule has 3 aromatic carbocycles. The second kappa shape index (κ2) is 22.8. The van der Waals surface area contributed by atoms with E-state index in [1.165, 1.54) is 34.0 Å². The first-order chi connectivity index (χ1) is 32.3. The molecule has 2 aromatic heterocycles. The summed E-state index contributed by atoms with van der Waals surface area (Å²) in [7, 11) is -4.53. The highest BCUT2D eigenvalue weighted by atomic mass is 31.2. The number of anilines is 2. The number of halogens is 2. The molecule has 7 rings (SSSR count). The molecule has 2 saturated heterocycles. The van der Waals surface area contributed by atoms with Crippen LogP contribution in [0.5, 0.6) is 5.75 Å². The molecule has 0 radical (unpaired) electrons. The van der Waals surface area contributed by atoms with Gasteiger partial charge in [-0.05, 0) is 74.4 Å². The molecular formula is C44H55F2N8O12P. The lowest BCUT2D eigenvalue weighted by Gasteiger charge is -2.37. The van der Waals surface area contributed by atoms with Gasteiger partial charge in [0, 0.05) is 55.1 Å². The SMILES string of the molecule is CC[C@@H]([C@H](C)OC(=O)OCCOCCOCCOP(=O)(O)O)n1ncn(-c2ccc(N3CCN(c4ccc(OC[C@@H]5CO[C@@](Cn6cncn6)(c6ccc(F)cc6F)C5)cc4)CC3)cc2)c1=O. The van der Waals surface area contributed by atoms with Crippen LogP contribution in [0, 0.1) is 17.6 Å². The highest BCUT2D eigenvalue weighted by Crippen LogP contribution is 2.42. The maximum absolute atomic E-state index is 15.0. The van der Waals surface area contributed by atoms with Gasteiger partial charge < -0.3 is 48.0 Å². The van der Waals surface area contributed by atoms with Crippen LogP contribution >= 0.6 is 7.82 Å². The number of carbonyl (C=O) groups excluding carboxylic acids is 1. The summed E-state index contributed by atoms with van der Waals surface area (Å²) in [6.45, 7) is 7.59. The fourth-order valence-corrected chi connectivity index (χ4v) is 8.52. The van der Waals surface area contributed by atoms with Crippen molar-refractivity contribution in [2.24, 2.45) is 5.92 Å². The summed E-state index contributed by atoms with van der Waals surface area (Å²) in [5, 5.41) is 8.53. The highest BCUT2D eigenvalue weighted by Gasteiger charge is 2.45. The van der Waals surface area contributed by atoms with Gasteiger partial charge in [0.2, 0.25) is 0 Å². The summed E-state index contributed by atoms with van der Waals surface area (Å²) in [6.07, 6.45) is 3.63. The van der Waals surface area contributed by atoms with Crippen LogP contribution in [0.1, 0.15) is 38.3 Å². The smallest absolute Gasteiger partial charge is 0.493 e. The van der Waals surface area contributed by atoms with Crippen molar-refractivity contribution in [1.29, 1.82) is 0 Å². The monoisotopic (exact) mass is 956 g/mol. The number of benzene rings is 3. The predicted octanol–water partition coefficient (Wildman–Crippen LogP) is 4.88. The van der Waals surface area contributed by atoms with Crippen molar-refractivity contribution in [3.05, 3.63) is 113 Å². The number of hydrogen-bond acceptors (Lipinski definition) is 15. The number of phosphoric acid groups is 1. The van der Waals surface area contributed by atoms with Crippen LogP contribution in [0.4, 0.5) is 25.0 Å². The van der Waals surface area contributed by atoms with Gasteiger partial charge in [-0.3, -0.25) is 4.52 Å². The molecule has 2 fully saturated rings. The Morgan fingerprint density at radius 3 is 2.15 bits per heavy atom. The zero-order valence-corrected chi connectivity index (χ0v) is 38.1. The first kappa shape index (κ1) is 49.2. The Labute approximate surface area is 385 Å². The van der Waals surface area contributed by atoms with E-state index < -0.39 is 43.4 Å².